The van der Waals surface area contributed by atoms with E-state index in [2.05, 4.69) is 10.2 Å². The van der Waals surface area contributed by atoms with Crippen LogP contribution in [0.2, 0.25) is 0 Å². The maximum atomic E-state index is 12.4. The molecule has 0 aliphatic carbocycles. The average Bonchev–Trinajstić information content (AvgIpc) is 3.27. The number of ether oxygens (including phenoxy) is 2. The van der Waals surface area contributed by atoms with E-state index in [1.54, 1.807) is 16.5 Å². The molecule has 2 aromatic carbocycles. The standard InChI is InChI=1S/C23H24N4O3/c1-15-5-7-19(22(9-15)29-4)21-11-18(27(3)25-21)12-23(28)30-14-16-6-8-20-17(10-16)13-26(2)24-20/h5-11,13H,12,14H2,1-4H3. The number of benzene rings is 2. The number of rotatable bonds is 6. The molecule has 7 heteroatoms. The van der Waals surface area contributed by atoms with Gasteiger partial charge in [-0.15, -0.1) is 0 Å². The Labute approximate surface area is 174 Å². The highest BCUT2D eigenvalue weighted by molar-refractivity contribution is 5.79. The van der Waals surface area contributed by atoms with Crippen molar-refractivity contribution in [2.45, 2.75) is 20.0 Å². The number of esters is 1. The van der Waals surface area contributed by atoms with E-state index in [0.29, 0.717) is 0 Å². The van der Waals surface area contributed by atoms with Crippen LogP contribution in [0.25, 0.3) is 22.2 Å². The summed E-state index contributed by atoms with van der Waals surface area (Å²) in [6, 6.07) is 13.7. The molecule has 0 N–H and O–H groups in total. The lowest BCUT2D eigenvalue weighted by atomic mass is 10.1. The summed E-state index contributed by atoms with van der Waals surface area (Å²) in [5.74, 6) is 0.458. The van der Waals surface area contributed by atoms with Gasteiger partial charge in [0, 0.05) is 36.9 Å². The Morgan fingerprint density at radius 1 is 1.07 bits per heavy atom. The van der Waals surface area contributed by atoms with E-state index in [4.69, 9.17) is 9.47 Å². The molecule has 0 saturated heterocycles. The first-order valence-electron chi connectivity index (χ1n) is 9.69. The quantitative estimate of drug-likeness (QED) is 0.460. The second kappa shape index (κ2) is 8.02. The highest BCUT2D eigenvalue weighted by Gasteiger charge is 2.15. The van der Waals surface area contributed by atoms with E-state index < -0.39 is 0 Å². The average molecular weight is 404 g/mol. The van der Waals surface area contributed by atoms with E-state index >= 15 is 0 Å². The van der Waals surface area contributed by atoms with E-state index in [0.717, 1.165) is 44.7 Å². The molecule has 0 aliphatic rings. The lowest BCUT2D eigenvalue weighted by Gasteiger charge is -2.06. The number of carbonyl (C=O) groups excluding carboxylic acids is 1. The van der Waals surface area contributed by atoms with Crippen molar-refractivity contribution in [1.29, 1.82) is 0 Å². The van der Waals surface area contributed by atoms with Crippen LogP contribution in [0.5, 0.6) is 5.75 Å². The molecule has 0 saturated carbocycles. The summed E-state index contributed by atoms with van der Waals surface area (Å²) in [4.78, 5) is 12.4. The van der Waals surface area contributed by atoms with Crippen molar-refractivity contribution >= 4 is 16.9 Å². The Bertz CT molecular complexity index is 1220. The third-order valence-electron chi connectivity index (χ3n) is 5.02. The normalized spacial score (nSPS) is 11.1. The minimum absolute atomic E-state index is 0.146. The summed E-state index contributed by atoms with van der Waals surface area (Å²) in [5, 5.41) is 9.92. The molecular weight excluding hydrogens is 380 g/mol. The number of nitrogens with zero attached hydrogens (tertiary/aromatic N) is 4. The molecule has 30 heavy (non-hydrogen) atoms. The fourth-order valence-electron chi connectivity index (χ4n) is 3.46. The third kappa shape index (κ3) is 4.05. The van der Waals surface area contributed by atoms with Crippen LogP contribution in [-0.4, -0.2) is 32.6 Å². The molecule has 154 valence electrons. The van der Waals surface area contributed by atoms with Crippen molar-refractivity contribution in [3.05, 3.63) is 65.5 Å². The second-order valence-corrected chi connectivity index (χ2v) is 7.38. The fourth-order valence-corrected chi connectivity index (χ4v) is 3.46. The van der Waals surface area contributed by atoms with Crippen LogP contribution in [0, 0.1) is 6.92 Å². The number of carbonyl (C=O) groups is 1. The number of aryl methyl sites for hydroxylation is 3. The summed E-state index contributed by atoms with van der Waals surface area (Å²) in [5.41, 5.74) is 5.39. The van der Waals surface area contributed by atoms with E-state index in [1.807, 2.05) is 69.7 Å². The Kier molecular flexibility index (Phi) is 5.27. The number of hydrogen-bond acceptors (Lipinski definition) is 5. The summed E-state index contributed by atoms with van der Waals surface area (Å²) in [7, 11) is 5.35. The van der Waals surface area contributed by atoms with Crippen LogP contribution >= 0.6 is 0 Å². The van der Waals surface area contributed by atoms with Crippen LogP contribution in [0.15, 0.2) is 48.7 Å². The minimum Gasteiger partial charge on any atom is -0.496 e. The number of hydrogen-bond donors (Lipinski definition) is 0. The number of methoxy groups -OCH3 is 1. The zero-order valence-corrected chi connectivity index (χ0v) is 17.5. The van der Waals surface area contributed by atoms with Gasteiger partial charge in [0.25, 0.3) is 0 Å². The minimum atomic E-state index is -0.299. The fraction of sp³-hybridized carbons (Fsp3) is 0.261. The number of fused-ring (bicyclic) bond motifs is 1. The SMILES string of the molecule is COc1cc(C)ccc1-c1cc(CC(=O)OCc2ccc3nn(C)cc3c2)n(C)n1. The smallest absolute Gasteiger partial charge is 0.312 e. The molecule has 0 spiro atoms. The van der Waals surface area contributed by atoms with Crippen molar-refractivity contribution in [2.75, 3.05) is 7.11 Å². The molecular formula is C23H24N4O3. The largest absolute Gasteiger partial charge is 0.496 e. The summed E-state index contributed by atoms with van der Waals surface area (Å²) in [6.07, 6.45) is 2.09. The number of aromatic nitrogens is 4. The van der Waals surface area contributed by atoms with Crippen molar-refractivity contribution in [2.24, 2.45) is 14.1 Å². The summed E-state index contributed by atoms with van der Waals surface area (Å²) < 4.78 is 14.4. The van der Waals surface area contributed by atoms with Crippen LogP contribution < -0.4 is 4.74 Å². The second-order valence-electron chi connectivity index (χ2n) is 7.38. The van der Waals surface area contributed by atoms with Gasteiger partial charge in [0.2, 0.25) is 0 Å². The van der Waals surface area contributed by atoms with Crippen molar-refractivity contribution < 1.29 is 14.3 Å². The van der Waals surface area contributed by atoms with Gasteiger partial charge in [-0.2, -0.15) is 10.2 Å². The van der Waals surface area contributed by atoms with E-state index in [-0.39, 0.29) is 19.0 Å². The van der Waals surface area contributed by atoms with Gasteiger partial charge >= 0.3 is 5.97 Å². The molecule has 0 fully saturated rings. The predicted molar refractivity (Wildman–Crippen MR) is 114 cm³/mol. The molecule has 4 rings (SSSR count). The molecule has 0 amide bonds. The zero-order chi connectivity index (χ0) is 21.3. The Morgan fingerprint density at radius 2 is 1.90 bits per heavy atom. The van der Waals surface area contributed by atoms with Gasteiger partial charge < -0.3 is 9.47 Å². The van der Waals surface area contributed by atoms with Gasteiger partial charge in [-0.1, -0.05) is 12.1 Å². The third-order valence-corrected chi connectivity index (χ3v) is 5.02. The first-order chi connectivity index (χ1) is 14.4. The van der Waals surface area contributed by atoms with Crippen molar-refractivity contribution in [1.82, 2.24) is 19.6 Å². The first kappa shape index (κ1) is 19.7. The Hall–Kier alpha value is -3.61. The van der Waals surface area contributed by atoms with Gasteiger partial charge in [0.1, 0.15) is 12.4 Å². The van der Waals surface area contributed by atoms with Crippen molar-refractivity contribution in [3.63, 3.8) is 0 Å². The molecule has 0 radical (unpaired) electrons. The predicted octanol–water partition coefficient (Wildman–Crippen LogP) is 3.58. The van der Waals surface area contributed by atoms with Crippen molar-refractivity contribution in [3.8, 4) is 17.0 Å². The lowest BCUT2D eigenvalue weighted by Crippen LogP contribution is -2.11. The van der Waals surface area contributed by atoms with Crippen LogP contribution in [0.4, 0.5) is 0 Å². The van der Waals surface area contributed by atoms with Crippen LogP contribution in [0.1, 0.15) is 16.8 Å². The molecule has 0 bridgehead atoms. The summed E-state index contributed by atoms with van der Waals surface area (Å²) in [6.45, 7) is 2.23. The highest BCUT2D eigenvalue weighted by atomic mass is 16.5. The van der Waals surface area contributed by atoms with E-state index in [1.165, 1.54) is 0 Å². The van der Waals surface area contributed by atoms with Crippen LogP contribution in [-0.2, 0) is 36.7 Å². The molecule has 0 aliphatic heterocycles. The zero-order valence-electron chi connectivity index (χ0n) is 17.5. The monoisotopic (exact) mass is 404 g/mol. The molecule has 2 aromatic heterocycles. The maximum Gasteiger partial charge on any atom is 0.312 e. The molecule has 0 atom stereocenters. The summed E-state index contributed by atoms with van der Waals surface area (Å²) >= 11 is 0. The lowest BCUT2D eigenvalue weighted by molar-refractivity contribution is -0.144. The molecule has 0 unspecified atom stereocenters. The van der Waals surface area contributed by atoms with Gasteiger partial charge in [-0.25, -0.2) is 0 Å². The molecule has 2 heterocycles. The van der Waals surface area contributed by atoms with E-state index in [9.17, 15) is 4.79 Å². The molecule has 4 aromatic rings. The Morgan fingerprint density at radius 3 is 2.70 bits per heavy atom. The highest BCUT2D eigenvalue weighted by Crippen LogP contribution is 2.30. The first-order valence-corrected chi connectivity index (χ1v) is 9.69. The van der Waals surface area contributed by atoms with Gasteiger partial charge in [-0.3, -0.25) is 14.2 Å². The van der Waals surface area contributed by atoms with Gasteiger partial charge in [0.05, 0.1) is 24.7 Å². The van der Waals surface area contributed by atoms with Gasteiger partial charge in [0.15, 0.2) is 0 Å². The maximum absolute atomic E-state index is 12.4. The topological polar surface area (TPSA) is 71.2 Å². The van der Waals surface area contributed by atoms with Crippen LogP contribution in [0.3, 0.4) is 0 Å². The Balaban J connectivity index is 1.44. The van der Waals surface area contributed by atoms with Gasteiger partial charge in [-0.05, 0) is 48.4 Å². The molecule has 7 nitrogen and oxygen atoms in total.